The van der Waals surface area contributed by atoms with Gasteiger partial charge in [0, 0.05) is 17.7 Å². The van der Waals surface area contributed by atoms with E-state index < -0.39 is 11.3 Å². The molecule has 1 aliphatic heterocycles. The molecular weight excluding hydrogens is 342 g/mol. The highest BCUT2D eigenvalue weighted by Gasteiger charge is 2.32. The molecule has 1 saturated heterocycles. The molecule has 1 fully saturated rings. The number of hydrogen-bond donors (Lipinski definition) is 1. The van der Waals surface area contributed by atoms with E-state index in [-0.39, 0.29) is 13.2 Å². The molecule has 0 radical (unpaired) electrons. The van der Waals surface area contributed by atoms with Crippen LogP contribution in [0.1, 0.15) is 12.8 Å². The summed E-state index contributed by atoms with van der Waals surface area (Å²) in [5, 5.41) is 15.3. The van der Waals surface area contributed by atoms with Gasteiger partial charge in [0.25, 0.3) is 0 Å². The SMILES string of the molecule is O=c1nc(-c2ccccc2)c(-c2ccccc2)nn1CC1(O)CCCOC1. The molecule has 1 aromatic heterocycles. The maximum Gasteiger partial charge on any atom is 0.364 e. The van der Waals surface area contributed by atoms with Gasteiger partial charge in [0.1, 0.15) is 17.0 Å². The molecule has 0 spiro atoms. The summed E-state index contributed by atoms with van der Waals surface area (Å²) in [6, 6.07) is 19.2. The van der Waals surface area contributed by atoms with Crippen molar-refractivity contribution < 1.29 is 9.84 Å². The summed E-state index contributed by atoms with van der Waals surface area (Å²) < 4.78 is 6.64. The first kappa shape index (κ1) is 17.6. The Labute approximate surface area is 157 Å². The third-order valence-corrected chi connectivity index (χ3v) is 4.71. The van der Waals surface area contributed by atoms with Crippen LogP contribution in [0, 0.1) is 0 Å². The first-order valence-corrected chi connectivity index (χ1v) is 9.05. The number of ether oxygens (including phenoxy) is 1. The van der Waals surface area contributed by atoms with Crippen molar-refractivity contribution in [1.82, 2.24) is 14.8 Å². The number of rotatable bonds is 4. The van der Waals surface area contributed by atoms with Crippen LogP contribution in [0.15, 0.2) is 65.5 Å². The predicted octanol–water partition coefficient (Wildman–Crippen LogP) is 2.51. The standard InChI is InChI=1S/C21H21N3O3/c25-20-22-18(16-8-3-1-4-9-16)19(17-10-5-2-6-11-17)23-24(20)14-21(26)12-7-13-27-15-21/h1-6,8-11,26H,7,12-15H2. The molecule has 0 saturated carbocycles. The van der Waals surface area contributed by atoms with E-state index >= 15 is 0 Å². The minimum absolute atomic E-state index is 0.0632. The van der Waals surface area contributed by atoms with E-state index in [1.165, 1.54) is 4.68 Å². The van der Waals surface area contributed by atoms with Crippen molar-refractivity contribution in [3.05, 3.63) is 71.1 Å². The zero-order chi connectivity index (χ0) is 18.7. The molecule has 2 aromatic carbocycles. The first-order valence-electron chi connectivity index (χ1n) is 9.05. The Morgan fingerprint density at radius 1 is 1.00 bits per heavy atom. The molecule has 1 aliphatic rings. The third-order valence-electron chi connectivity index (χ3n) is 4.71. The van der Waals surface area contributed by atoms with Crippen LogP contribution in [0.4, 0.5) is 0 Å². The summed E-state index contributed by atoms with van der Waals surface area (Å²) in [6.07, 6.45) is 1.33. The van der Waals surface area contributed by atoms with Gasteiger partial charge in [-0.3, -0.25) is 0 Å². The Kier molecular flexibility index (Phi) is 4.83. The Bertz CT molecular complexity index is 965. The Balaban J connectivity index is 1.82. The lowest BCUT2D eigenvalue weighted by Gasteiger charge is -2.31. The van der Waals surface area contributed by atoms with E-state index in [1.807, 2.05) is 60.7 Å². The maximum absolute atomic E-state index is 12.7. The van der Waals surface area contributed by atoms with Crippen molar-refractivity contribution in [2.75, 3.05) is 13.2 Å². The molecule has 3 aromatic rings. The molecule has 27 heavy (non-hydrogen) atoms. The van der Waals surface area contributed by atoms with Gasteiger partial charge >= 0.3 is 5.69 Å². The van der Waals surface area contributed by atoms with Crippen LogP contribution in [0.2, 0.25) is 0 Å². The quantitative estimate of drug-likeness (QED) is 0.771. The van der Waals surface area contributed by atoms with Crippen LogP contribution in [-0.2, 0) is 11.3 Å². The summed E-state index contributed by atoms with van der Waals surface area (Å²) in [5.41, 5.74) is 1.26. The van der Waals surface area contributed by atoms with Gasteiger partial charge in [-0.2, -0.15) is 10.1 Å². The topological polar surface area (TPSA) is 77.2 Å². The van der Waals surface area contributed by atoms with Gasteiger partial charge in [-0.25, -0.2) is 9.48 Å². The normalized spacial score (nSPS) is 19.7. The number of nitrogens with zero attached hydrogens (tertiary/aromatic N) is 3. The zero-order valence-electron chi connectivity index (χ0n) is 14.9. The molecule has 1 atom stereocenters. The molecule has 0 bridgehead atoms. The van der Waals surface area contributed by atoms with Crippen LogP contribution in [-0.4, -0.2) is 38.7 Å². The molecule has 1 N–H and O–H groups in total. The van der Waals surface area contributed by atoms with Gasteiger partial charge in [0.15, 0.2) is 0 Å². The van der Waals surface area contributed by atoms with Gasteiger partial charge < -0.3 is 9.84 Å². The summed E-state index contributed by atoms with van der Waals surface area (Å²) in [7, 11) is 0. The van der Waals surface area contributed by atoms with Crippen molar-refractivity contribution in [3.63, 3.8) is 0 Å². The minimum atomic E-state index is -1.10. The molecule has 6 nitrogen and oxygen atoms in total. The Hall–Kier alpha value is -2.83. The van der Waals surface area contributed by atoms with Gasteiger partial charge in [-0.15, -0.1) is 0 Å². The molecule has 0 amide bonds. The lowest BCUT2D eigenvalue weighted by atomic mass is 9.97. The fourth-order valence-corrected chi connectivity index (χ4v) is 3.35. The Morgan fingerprint density at radius 3 is 2.22 bits per heavy atom. The van der Waals surface area contributed by atoms with Gasteiger partial charge in [-0.1, -0.05) is 60.7 Å². The van der Waals surface area contributed by atoms with Gasteiger partial charge in [0.05, 0.1) is 13.2 Å². The van der Waals surface area contributed by atoms with Crippen molar-refractivity contribution in [3.8, 4) is 22.5 Å². The summed E-state index contributed by atoms with van der Waals surface area (Å²) in [6.45, 7) is 0.890. The average Bonchev–Trinajstić information content (AvgIpc) is 2.71. The van der Waals surface area contributed by atoms with E-state index in [0.717, 1.165) is 17.5 Å². The van der Waals surface area contributed by atoms with Gasteiger partial charge in [0.2, 0.25) is 0 Å². The van der Waals surface area contributed by atoms with Crippen LogP contribution in [0.3, 0.4) is 0 Å². The predicted molar refractivity (Wildman–Crippen MR) is 102 cm³/mol. The van der Waals surface area contributed by atoms with Crippen LogP contribution in [0.5, 0.6) is 0 Å². The molecule has 1 unspecified atom stereocenters. The lowest BCUT2D eigenvalue weighted by molar-refractivity contribution is -0.0965. The second kappa shape index (κ2) is 7.42. The second-order valence-electron chi connectivity index (χ2n) is 6.86. The highest BCUT2D eigenvalue weighted by Crippen LogP contribution is 2.27. The molecule has 6 heteroatoms. The fraction of sp³-hybridized carbons (Fsp3) is 0.286. The first-order chi connectivity index (χ1) is 13.1. The smallest absolute Gasteiger partial charge is 0.364 e. The van der Waals surface area contributed by atoms with E-state index in [2.05, 4.69) is 10.1 Å². The second-order valence-corrected chi connectivity index (χ2v) is 6.86. The number of hydrogen-bond acceptors (Lipinski definition) is 5. The van der Waals surface area contributed by atoms with Gasteiger partial charge in [-0.05, 0) is 12.8 Å². The monoisotopic (exact) mass is 363 g/mol. The van der Waals surface area contributed by atoms with Crippen LogP contribution >= 0.6 is 0 Å². The van der Waals surface area contributed by atoms with Crippen LogP contribution < -0.4 is 5.69 Å². The minimum Gasteiger partial charge on any atom is -0.386 e. The van der Waals surface area contributed by atoms with E-state index in [9.17, 15) is 9.90 Å². The maximum atomic E-state index is 12.7. The van der Waals surface area contributed by atoms with E-state index in [4.69, 9.17) is 4.74 Å². The summed E-state index contributed by atoms with van der Waals surface area (Å²) in [4.78, 5) is 17.0. The number of aromatic nitrogens is 3. The number of benzene rings is 2. The highest BCUT2D eigenvalue weighted by molar-refractivity contribution is 5.77. The molecule has 4 rings (SSSR count). The fourth-order valence-electron chi connectivity index (χ4n) is 3.35. The third kappa shape index (κ3) is 3.82. The largest absolute Gasteiger partial charge is 0.386 e. The molecule has 2 heterocycles. The van der Waals surface area contributed by atoms with Crippen molar-refractivity contribution >= 4 is 0 Å². The summed E-state index contributed by atoms with van der Waals surface area (Å²) in [5.74, 6) is 0. The van der Waals surface area contributed by atoms with Crippen molar-refractivity contribution in [2.45, 2.75) is 25.0 Å². The molecular formula is C21H21N3O3. The van der Waals surface area contributed by atoms with E-state index in [0.29, 0.717) is 24.4 Å². The molecule has 138 valence electrons. The lowest BCUT2D eigenvalue weighted by Crippen LogP contribution is -2.46. The van der Waals surface area contributed by atoms with Crippen molar-refractivity contribution in [2.24, 2.45) is 0 Å². The Morgan fingerprint density at radius 2 is 1.63 bits per heavy atom. The number of aliphatic hydroxyl groups is 1. The molecule has 0 aliphatic carbocycles. The highest BCUT2D eigenvalue weighted by atomic mass is 16.5. The zero-order valence-corrected chi connectivity index (χ0v) is 14.9. The van der Waals surface area contributed by atoms with Crippen LogP contribution in [0.25, 0.3) is 22.5 Å². The van der Waals surface area contributed by atoms with E-state index in [1.54, 1.807) is 0 Å². The van der Waals surface area contributed by atoms with Crippen molar-refractivity contribution in [1.29, 1.82) is 0 Å². The average molecular weight is 363 g/mol. The summed E-state index contributed by atoms with van der Waals surface area (Å²) >= 11 is 0.